The van der Waals surface area contributed by atoms with E-state index in [-0.39, 0.29) is 0 Å². The van der Waals surface area contributed by atoms with Gasteiger partial charge < -0.3 is 5.32 Å². The van der Waals surface area contributed by atoms with Crippen molar-refractivity contribution in [2.75, 3.05) is 5.32 Å². The van der Waals surface area contributed by atoms with E-state index in [0.717, 1.165) is 6.42 Å². The molecular weight excluding hydrogens is 218 g/mol. The first kappa shape index (κ1) is 11.3. The lowest BCUT2D eigenvalue weighted by molar-refractivity contribution is 0.671. The Bertz CT molecular complexity index is 508. The highest BCUT2D eigenvalue weighted by atomic mass is 14.9. The van der Waals surface area contributed by atoms with Crippen LogP contribution in [0.5, 0.6) is 0 Å². The molecule has 92 valence electrons. The van der Waals surface area contributed by atoms with Crippen LogP contribution in [0.2, 0.25) is 0 Å². The van der Waals surface area contributed by atoms with E-state index in [9.17, 15) is 0 Å². The first-order valence-corrected chi connectivity index (χ1v) is 6.72. The number of hydrogen-bond donors (Lipinski definition) is 1. The monoisotopic (exact) mass is 237 g/mol. The largest absolute Gasteiger partial charge is 0.378 e. The van der Waals surface area contributed by atoms with Gasteiger partial charge in [0.1, 0.15) is 0 Å². The van der Waals surface area contributed by atoms with Gasteiger partial charge in [0.2, 0.25) is 0 Å². The summed E-state index contributed by atoms with van der Waals surface area (Å²) in [4.78, 5) is 0. The Kier molecular flexibility index (Phi) is 3.06. The molecule has 0 aliphatic heterocycles. The third-order valence-electron chi connectivity index (χ3n) is 3.78. The summed E-state index contributed by atoms with van der Waals surface area (Å²) in [6.07, 6.45) is 11.5. The maximum absolute atomic E-state index is 3.57. The van der Waals surface area contributed by atoms with Crippen LogP contribution in [-0.2, 0) is 0 Å². The minimum absolute atomic E-state index is 0.418. The summed E-state index contributed by atoms with van der Waals surface area (Å²) in [6.45, 7) is 2.31. The SMILES string of the molecule is C[C@@H]1CC=CC2=C1C=CC(Nc1ccccc1)C2. The predicted octanol–water partition coefficient (Wildman–Crippen LogP) is 4.32. The normalized spacial score (nSPS) is 26.1. The molecule has 0 saturated carbocycles. The summed E-state index contributed by atoms with van der Waals surface area (Å²) in [6, 6.07) is 10.9. The second-order valence-corrected chi connectivity index (χ2v) is 5.20. The van der Waals surface area contributed by atoms with Crippen LogP contribution in [0.4, 0.5) is 5.69 Å². The smallest absolute Gasteiger partial charge is 0.0488 e. The number of anilines is 1. The van der Waals surface area contributed by atoms with Crippen molar-refractivity contribution >= 4 is 5.69 Å². The predicted molar refractivity (Wildman–Crippen MR) is 77.6 cm³/mol. The molecule has 1 N–H and O–H groups in total. The summed E-state index contributed by atoms with van der Waals surface area (Å²) < 4.78 is 0. The average molecular weight is 237 g/mol. The van der Waals surface area contributed by atoms with Gasteiger partial charge in [0.15, 0.2) is 0 Å². The lowest BCUT2D eigenvalue weighted by atomic mass is 9.82. The Morgan fingerprint density at radius 2 is 1.94 bits per heavy atom. The number of para-hydroxylation sites is 1. The molecule has 0 aromatic heterocycles. The number of rotatable bonds is 2. The molecule has 0 fully saturated rings. The van der Waals surface area contributed by atoms with E-state index in [4.69, 9.17) is 0 Å². The van der Waals surface area contributed by atoms with Crippen LogP contribution >= 0.6 is 0 Å². The fourth-order valence-electron chi connectivity index (χ4n) is 2.78. The topological polar surface area (TPSA) is 12.0 Å². The van der Waals surface area contributed by atoms with Crippen molar-refractivity contribution in [2.45, 2.75) is 25.8 Å². The third-order valence-corrected chi connectivity index (χ3v) is 3.78. The fraction of sp³-hybridized carbons (Fsp3) is 0.294. The molecule has 1 aromatic carbocycles. The Hall–Kier alpha value is -1.76. The number of nitrogens with one attached hydrogen (secondary N) is 1. The average Bonchev–Trinajstić information content (AvgIpc) is 2.40. The van der Waals surface area contributed by atoms with Gasteiger partial charge >= 0.3 is 0 Å². The Labute approximate surface area is 109 Å². The van der Waals surface area contributed by atoms with Crippen LogP contribution in [0.3, 0.4) is 0 Å². The molecule has 0 amide bonds. The first-order valence-electron chi connectivity index (χ1n) is 6.72. The molecule has 1 heteroatoms. The molecule has 0 spiro atoms. The van der Waals surface area contributed by atoms with Gasteiger partial charge in [-0.2, -0.15) is 0 Å². The van der Waals surface area contributed by atoms with Crippen molar-refractivity contribution < 1.29 is 0 Å². The molecule has 3 rings (SSSR count). The van der Waals surface area contributed by atoms with E-state index in [1.54, 1.807) is 0 Å². The molecule has 0 saturated heterocycles. The second kappa shape index (κ2) is 4.85. The highest BCUT2D eigenvalue weighted by Crippen LogP contribution is 2.32. The molecule has 1 unspecified atom stereocenters. The lowest BCUT2D eigenvalue weighted by Gasteiger charge is -2.27. The fourth-order valence-corrected chi connectivity index (χ4v) is 2.78. The van der Waals surface area contributed by atoms with Gasteiger partial charge in [0.05, 0.1) is 0 Å². The Morgan fingerprint density at radius 3 is 2.78 bits per heavy atom. The summed E-state index contributed by atoms with van der Waals surface area (Å²) in [5.74, 6) is 0.680. The summed E-state index contributed by atoms with van der Waals surface area (Å²) in [7, 11) is 0. The van der Waals surface area contributed by atoms with Crippen molar-refractivity contribution in [3.05, 3.63) is 65.8 Å². The number of hydrogen-bond acceptors (Lipinski definition) is 1. The minimum Gasteiger partial charge on any atom is -0.378 e. The third kappa shape index (κ3) is 2.26. The Morgan fingerprint density at radius 1 is 1.11 bits per heavy atom. The lowest BCUT2D eigenvalue weighted by Crippen LogP contribution is -2.22. The first-order chi connectivity index (χ1) is 8.83. The van der Waals surface area contributed by atoms with Gasteiger partial charge in [-0.25, -0.2) is 0 Å². The van der Waals surface area contributed by atoms with Gasteiger partial charge in [-0.05, 0) is 42.0 Å². The van der Waals surface area contributed by atoms with Crippen molar-refractivity contribution in [3.8, 4) is 0 Å². The van der Waals surface area contributed by atoms with Crippen molar-refractivity contribution in [2.24, 2.45) is 5.92 Å². The molecular formula is C17H19N. The quantitative estimate of drug-likeness (QED) is 0.807. The summed E-state index contributed by atoms with van der Waals surface area (Å²) in [5.41, 5.74) is 4.23. The van der Waals surface area contributed by atoms with E-state index in [1.165, 1.54) is 23.3 Å². The number of benzene rings is 1. The van der Waals surface area contributed by atoms with Gasteiger partial charge in [-0.15, -0.1) is 0 Å². The summed E-state index contributed by atoms with van der Waals surface area (Å²) in [5, 5.41) is 3.57. The molecule has 18 heavy (non-hydrogen) atoms. The van der Waals surface area contributed by atoms with Crippen LogP contribution in [0.1, 0.15) is 19.8 Å². The second-order valence-electron chi connectivity index (χ2n) is 5.20. The summed E-state index contributed by atoms with van der Waals surface area (Å²) >= 11 is 0. The van der Waals surface area contributed by atoms with E-state index in [1.807, 2.05) is 6.07 Å². The molecule has 2 aliphatic rings. The standard InChI is InChI=1S/C17H19N/c1-13-6-5-7-14-12-16(10-11-17(13)14)18-15-8-3-2-4-9-15/h2-5,7-11,13,16,18H,6,12H2,1H3/t13-,16?/m1/s1. The maximum atomic E-state index is 3.57. The molecule has 2 aliphatic carbocycles. The molecule has 1 nitrogen and oxygen atoms in total. The van der Waals surface area contributed by atoms with Crippen LogP contribution in [0, 0.1) is 5.92 Å². The van der Waals surface area contributed by atoms with E-state index >= 15 is 0 Å². The highest BCUT2D eigenvalue weighted by molar-refractivity contribution is 5.49. The van der Waals surface area contributed by atoms with Crippen LogP contribution < -0.4 is 5.32 Å². The van der Waals surface area contributed by atoms with Gasteiger partial charge in [0.25, 0.3) is 0 Å². The number of allylic oxidation sites excluding steroid dienone is 4. The van der Waals surface area contributed by atoms with Crippen LogP contribution in [0.15, 0.2) is 65.8 Å². The maximum Gasteiger partial charge on any atom is 0.0488 e. The van der Waals surface area contributed by atoms with Crippen LogP contribution in [0.25, 0.3) is 0 Å². The zero-order chi connectivity index (χ0) is 12.4. The van der Waals surface area contributed by atoms with E-state index in [2.05, 4.69) is 60.8 Å². The van der Waals surface area contributed by atoms with Crippen LogP contribution in [-0.4, -0.2) is 6.04 Å². The zero-order valence-electron chi connectivity index (χ0n) is 10.8. The zero-order valence-corrected chi connectivity index (χ0v) is 10.8. The van der Waals surface area contributed by atoms with Gasteiger partial charge in [-0.3, -0.25) is 0 Å². The van der Waals surface area contributed by atoms with Crippen molar-refractivity contribution in [1.82, 2.24) is 0 Å². The minimum atomic E-state index is 0.418. The van der Waals surface area contributed by atoms with E-state index < -0.39 is 0 Å². The molecule has 0 radical (unpaired) electrons. The van der Waals surface area contributed by atoms with Gasteiger partial charge in [-0.1, -0.05) is 49.4 Å². The molecule has 0 heterocycles. The molecule has 1 aromatic rings. The van der Waals surface area contributed by atoms with Gasteiger partial charge in [0, 0.05) is 11.7 Å². The highest BCUT2D eigenvalue weighted by Gasteiger charge is 2.20. The van der Waals surface area contributed by atoms with Crippen molar-refractivity contribution in [1.29, 1.82) is 0 Å². The van der Waals surface area contributed by atoms with Crippen molar-refractivity contribution in [3.63, 3.8) is 0 Å². The van der Waals surface area contributed by atoms with E-state index in [0.29, 0.717) is 12.0 Å². The molecule has 0 bridgehead atoms. The molecule has 2 atom stereocenters. The Balaban J connectivity index is 1.73.